The number of nitrogens with one attached hydrogen (secondary N) is 2. The van der Waals surface area contributed by atoms with Crippen molar-refractivity contribution in [3.8, 4) is 0 Å². The highest BCUT2D eigenvalue weighted by Gasteiger charge is 2.29. The topological polar surface area (TPSA) is 61.4 Å². The summed E-state index contributed by atoms with van der Waals surface area (Å²) in [6, 6.07) is 0.502. The lowest BCUT2D eigenvalue weighted by Crippen LogP contribution is -2.50. The molecule has 7 heteroatoms. The average molecular weight is 284 g/mol. The van der Waals surface area contributed by atoms with Crippen molar-refractivity contribution in [3.05, 3.63) is 0 Å². The van der Waals surface area contributed by atoms with Gasteiger partial charge in [-0.3, -0.25) is 0 Å². The predicted molar refractivity (Wildman–Crippen MR) is 70.6 cm³/mol. The van der Waals surface area contributed by atoms with Crippen LogP contribution in [0.2, 0.25) is 0 Å². The molecule has 0 saturated carbocycles. The molecule has 0 aromatic carbocycles. The highest BCUT2D eigenvalue weighted by molar-refractivity contribution is 7.87. The van der Waals surface area contributed by atoms with Crippen LogP contribution in [0.25, 0.3) is 0 Å². The van der Waals surface area contributed by atoms with E-state index in [-0.39, 0.29) is 18.4 Å². The zero-order valence-corrected chi connectivity index (χ0v) is 11.8. The largest absolute Gasteiger partial charge is 0.314 e. The standard InChI is InChI=1S/C10H21N3O2S.ClH/c1-9-8-10(4-5-11-9)12-16(14,15)13-6-2-3-7-13;/h9-12H,2-8H2,1H3;1H. The van der Waals surface area contributed by atoms with Crippen LogP contribution in [0.5, 0.6) is 0 Å². The lowest BCUT2D eigenvalue weighted by atomic mass is 10.0. The molecule has 2 fully saturated rings. The molecule has 0 bridgehead atoms. The van der Waals surface area contributed by atoms with Crippen LogP contribution in [0.3, 0.4) is 0 Å². The fourth-order valence-electron chi connectivity index (χ4n) is 2.45. The van der Waals surface area contributed by atoms with Crippen LogP contribution in [0.1, 0.15) is 32.6 Å². The van der Waals surface area contributed by atoms with E-state index < -0.39 is 10.2 Å². The maximum absolute atomic E-state index is 12.0. The van der Waals surface area contributed by atoms with E-state index in [2.05, 4.69) is 17.0 Å². The smallest absolute Gasteiger partial charge is 0.279 e. The Morgan fingerprint density at radius 2 is 1.94 bits per heavy atom. The fraction of sp³-hybridized carbons (Fsp3) is 1.00. The minimum atomic E-state index is -3.23. The molecular weight excluding hydrogens is 262 g/mol. The van der Waals surface area contributed by atoms with E-state index >= 15 is 0 Å². The summed E-state index contributed by atoms with van der Waals surface area (Å²) in [5, 5.41) is 3.32. The van der Waals surface area contributed by atoms with Gasteiger partial charge in [0.15, 0.2) is 0 Å². The van der Waals surface area contributed by atoms with E-state index in [0.717, 1.165) is 32.2 Å². The van der Waals surface area contributed by atoms with E-state index in [4.69, 9.17) is 0 Å². The van der Waals surface area contributed by atoms with Gasteiger partial charge in [-0.1, -0.05) is 0 Å². The molecule has 17 heavy (non-hydrogen) atoms. The van der Waals surface area contributed by atoms with Crippen molar-refractivity contribution < 1.29 is 8.42 Å². The Bertz CT molecular complexity index is 330. The first-order valence-electron chi connectivity index (χ1n) is 6.09. The molecule has 2 N–H and O–H groups in total. The third-order valence-electron chi connectivity index (χ3n) is 3.34. The summed E-state index contributed by atoms with van der Waals surface area (Å²) < 4.78 is 28.4. The Hall–Kier alpha value is 0.120. The molecule has 2 atom stereocenters. The maximum Gasteiger partial charge on any atom is 0.279 e. The van der Waals surface area contributed by atoms with Gasteiger partial charge in [0.2, 0.25) is 0 Å². The number of halogens is 1. The molecule has 0 aliphatic carbocycles. The summed E-state index contributed by atoms with van der Waals surface area (Å²) in [5.41, 5.74) is 0. The number of hydrogen-bond donors (Lipinski definition) is 2. The van der Waals surface area contributed by atoms with E-state index in [0.29, 0.717) is 19.1 Å². The van der Waals surface area contributed by atoms with Crippen molar-refractivity contribution in [2.75, 3.05) is 19.6 Å². The summed E-state index contributed by atoms with van der Waals surface area (Å²) in [6.07, 6.45) is 3.75. The van der Waals surface area contributed by atoms with Crippen LogP contribution in [0, 0.1) is 0 Å². The summed E-state index contributed by atoms with van der Waals surface area (Å²) in [7, 11) is -3.23. The SMILES string of the molecule is CC1CC(NS(=O)(=O)N2CCCC2)CCN1.Cl. The Morgan fingerprint density at radius 1 is 1.29 bits per heavy atom. The van der Waals surface area contributed by atoms with Gasteiger partial charge in [0.25, 0.3) is 10.2 Å². The molecule has 2 aliphatic rings. The Balaban J connectivity index is 0.00000144. The van der Waals surface area contributed by atoms with Gasteiger partial charge < -0.3 is 5.32 Å². The molecule has 5 nitrogen and oxygen atoms in total. The van der Waals surface area contributed by atoms with Gasteiger partial charge in [0.1, 0.15) is 0 Å². The summed E-state index contributed by atoms with van der Waals surface area (Å²) >= 11 is 0. The molecule has 2 heterocycles. The summed E-state index contributed by atoms with van der Waals surface area (Å²) in [6.45, 7) is 4.34. The highest BCUT2D eigenvalue weighted by atomic mass is 35.5. The van der Waals surface area contributed by atoms with Gasteiger partial charge in [-0.05, 0) is 39.2 Å². The molecule has 0 aromatic rings. The molecule has 0 amide bonds. The van der Waals surface area contributed by atoms with E-state index in [9.17, 15) is 8.42 Å². The molecule has 0 radical (unpaired) electrons. The first-order valence-corrected chi connectivity index (χ1v) is 7.53. The van der Waals surface area contributed by atoms with Crippen LogP contribution < -0.4 is 10.0 Å². The average Bonchev–Trinajstić information content (AvgIpc) is 2.69. The second kappa shape index (κ2) is 6.33. The van der Waals surface area contributed by atoms with Crippen LogP contribution in [0.4, 0.5) is 0 Å². The molecule has 2 saturated heterocycles. The molecule has 102 valence electrons. The molecule has 0 aromatic heterocycles. The summed E-state index contributed by atoms with van der Waals surface area (Å²) in [5.74, 6) is 0. The van der Waals surface area contributed by atoms with Gasteiger partial charge in [0, 0.05) is 25.2 Å². The molecule has 2 aliphatic heterocycles. The van der Waals surface area contributed by atoms with Crippen molar-refractivity contribution in [2.24, 2.45) is 0 Å². The van der Waals surface area contributed by atoms with Gasteiger partial charge in [-0.25, -0.2) is 0 Å². The lowest BCUT2D eigenvalue weighted by Gasteiger charge is -2.29. The quantitative estimate of drug-likeness (QED) is 0.792. The third-order valence-corrected chi connectivity index (χ3v) is 5.02. The lowest BCUT2D eigenvalue weighted by molar-refractivity contribution is 0.352. The van der Waals surface area contributed by atoms with Gasteiger partial charge >= 0.3 is 0 Å². The Kier molecular flexibility index (Phi) is 5.66. The van der Waals surface area contributed by atoms with Crippen LogP contribution in [-0.4, -0.2) is 44.4 Å². The van der Waals surface area contributed by atoms with Crippen molar-refractivity contribution >= 4 is 22.6 Å². The Labute approximate surface area is 110 Å². The zero-order valence-electron chi connectivity index (χ0n) is 10.2. The second-order valence-corrected chi connectivity index (χ2v) is 6.51. The molecule has 2 rings (SSSR count). The second-order valence-electron chi connectivity index (χ2n) is 4.81. The van der Waals surface area contributed by atoms with Gasteiger partial charge in [-0.15, -0.1) is 12.4 Å². The molecule has 2 unspecified atom stereocenters. The molecule has 0 spiro atoms. The first-order chi connectivity index (χ1) is 7.58. The van der Waals surface area contributed by atoms with Crippen molar-refractivity contribution in [3.63, 3.8) is 0 Å². The fourth-order valence-corrected chi connectivity index (χ4v) is 3.98. The number of piperidine rings is 1. The summed E-state index contributed by atoms with van der Waals surface area (Å²) in [4.78, 5) is 0. The van der Waals surface area contributed by atoms with Gasteiger partial charge in [-0.2, -0.15) is 17.4 Å². The van der Waals surface area contributed by atoms with Crippen molar-refractivity contribution in [1.82, 2.24) is 14.3 Å². The predicted octanol–water partition coefficient (Wildman–Crippen LogP) is 0.479. The monoisotopic (exact) mass is 283 g/mol. The maximum atomic E-state index is 12.0. The number of rotatable bonds is 3. The van der Waals surface area contributed by atoms with E-state index in [1.165, 1.54) is 0 Å². The van der Waals surface area contributed by atoms with E-state index in [1.807, 2.05) is 0 Å². The number of hydrogen-bond acceptors (Lipinski definition) is 3. The first kappa shape index (κ1) is 15.2. The zero-order chi connectivity index (χ0) is 11.6. The number of nitrogens with zero attached hydrogens (tertiary/aromatic N) is 1. The van der Waals surface area contributed by atoms with Gasteiger partial charge in [0.05, 0.1) is 0 Å². The minimum Gasteiger partial charge on any atom is -0.314 e. The van der Waals surface area contributed by atoms with Crippen LogP contribution >= 0.6 is 12.4 Å². The van der Waals surface area contributed by atoms with Crippen LogP contribution in [0.15, 0.2) is 0 Å². The van der Waals surface area contributed by atoms with Crippen LogP contribution in [-0.2, 0) is 10.2 Å². The highest BCUT2D eigenvalue weighted by Crippen LogP contribution is 2.15. The third kappa shape index (κ3) is 4.06. The Morgan fingerprint density at radius 3 is 2.53 bits per heavy atom. The normalized spacial score (nSPS) is 31.1. The van der Waals surface area contributed by atoms with Crippen molar-refractivity contribution in [1.29, 1.82) is 0 Å². The minimum absolute atomic E-state index is 0. The van der Waals surface area contributed by atoms with E-state index in [1.54, 1.807) is 4.31 Å². The molecular formula is C10H22ClN3O2S. The van der Waals surface area contributed by atoms with Crippen molar-refractivity contribution in [2.45, 2.75) is 44.7 Å².